The molecular weight excluding hydrogens is 368 g/mol. The Balaban J connectivity index is 1.27. The highest BCUT2D eigenvalue weighted by Crippen LogP contribution is 2.27. The zero-order chi connectivity index (χ0) is 20.1. The Morgan fingerprint density at radius 1 is 1.17 bits per heavy atom. The average molecular weight is 399 g/mol. The summed E-state index contributed by atoms with van der Waals surface area (Å²) in [5, 5.41) is 19.8. The van der Waals surface area contributed by atoms with Gasteiger partial charge in [0.25, 0.3) is 0 Å². The van der Waals surface area contributed by atoms with Crippen LogP contribution in [0, 0.1) is 5.92 Å². The van der Waals surface area contributed by atoms with Gasteiger partial charge < -0.3 is 20.3 Å². The van der Waals surface area contributed by atoms with E-state index in [1.165, 1.54) is 32.1 Å². The van der Waals surface area contributed by atoms with Crippen molar-refractivity contribution in [2.24, 2.45) is 5.92 Å². The van der Waals surface area contributed by atoms with Crippen LogP contribution in [0.25, 0.3) is 11.4 Å². The molecule has 0 spiro atoms. The maximum atomic E-state index is 12.1. The Hall–Kier alpha value is -2.25. The van der Waals surface area contributed by atoms with Crippen LogP contribution >= 0.6 is 0 Å². The number of carbonyl (C=O) groups is 1. The smallest absolute Gasteiger partial charge is 0.240 e. The van der Waals surface area contributed by atoms with Gasteiger partial charge in [-0.25, -0.2) is 0 Å². The number of nitrogens with zero attached hydrogens (tertiary/aromatic N) is 2. The van der Waals surface area contributed by atoms with Crippen LogP contribution in [-0.2, 0) is 17.8 Å². The van der Waals surface area contributed by atoms with Crippen molar-refractivity contribution in [3.05, 3.63) is 35.7 Å². The van der Waals surface area contributed by atoms with E-state index in [-0.39, 0.29) is 5.91 Å². The molecule has 1 amide bonds. The number of hydrogen-bond acceptors (Lipinski definition) is 6. The number of benzene rings is 1. The van der Waals surface area contributed by atoms with E-state index in [9.17, 15) is 9.90 Å². The molecule has 0 bridgehead atoms. The van der Waals surface area contributed by atoms with Crippen LogP contribution in [0.3, 0.4) is 0 Å². The van der Waals surface area contributed by atoms with Gasteiger partial charge in [0.15, 0.2) is 0 Å². The number of rotatable bonds is 7. The first kappa shape index (κ1) is 20.0. The van der Waals surface area contributed by atoms with Crippen molar-refractivity contribution >= 4 is 5.91 Å². The van der Waals surface area contributed by atoms with Crippen LogP contribution in [0.2, 0.25) is 0 Å². The summed E-state index contributed by atoms with van der Waals surface area (Å²) in [6.45, 7) is 1.09. The molecule has 0 radical (unpaired) electrons. The standard InChI is InChI=1S/C22H30N4O3/c27-18-12-13-23-20(18)22(28)24-14-16-6-9-17(10-7-16)21-25-19(29-26-21)11-8-15-4-2-1-3-5-15/h6-7,9-10,15,18,20,23,27H,1-5,8,11-14H2,(H,24,28)/t18-,20-/m0/s1. The normalized spacial score (nSPS) is 22.7. The fraction of sp³-hybridized carbons (Fsp3) is 0.591. The first-order valence-corrected chi connectivity index (χ1v) is 10.8. The number of amides is 1. The molecule has 1 saturated heterocycles. The van der Waals surface area contributed by atoms with Gasteiger partial charge in [-0.05, 0) is 30.9 Å². The van der Waals surface area contributed by atoms with Gasteiger partial charge in [0.1, 0.15) is 6.04 Å². The predicted molar refractivity (Wildman–Crippen MR) is 109 cm³/mol. The van der Waals surface area contributed by atoms with Crippen LogP contribution in [-0.4, -0.2) is 39.8 Å². The predicted octanol–water partition coefficient (Wildman–Crippen LogP) is 2.59. The zero-order valence-electron chi connectivity index (χ0n) is 16.8. The molecule has 2 aromatic rings. The largest absolute Gasteiger partial charge is 0.391 e. The maximum Gasteiger partial charge on any atom is 0.240 e. The molecule has 2 fully saturated rings. The van der Waals surface area contributed by atoms with E-state index in [4.69, 9.17) is 4.52 Å². The highest BCUT2D eigenvalue weighted by Gasteiger charge is 2.30. The quantitative estimate of drug-likeness (QED) is 0.663. The van der Waals surface area contributed by atoms with Crippen LogP contribution in [0.5, 0.6) is 0 Å². The summed E-state index contributed by atoms with van der Waals surface area (Å²) >= 11 is 0. The zero-order valence-corrected chi connectivity index (χ0v) is 16.8. The summed E-state index contributed by atoms with van der Waals surface area (Å²) in [5.41, 5.74) is 1.89. The van der Waals surface area contributed by atoms with Crippen LogP contribution in [0.4, 0.5) is 0 Å². The molecule has 1 aliphatic carbocycles. The molecule has 2 atom stereocenters. The van der Waals surface area contributed by atoms with Crippen molar-refractivity contribution in [2.45, 2.75) is 70.1 Å². The highest BCUT2D eigenvalue weighted by molar-refractivity contribution is 5.82. The second-order valence-electron chi connectivity index (χ2n) is 8.26. The molecule has 1 saturated carbocycles. The van der Waals surface area contributed by atoms with Crippen molar-refractivity contribution in [2.75, 3.05) is 6.54 Å². The van der Waals surface area contributed by atoms with Crippen molar-refractivity contribution in [1.29, 1.82) is 0 Å². The Morgan fingerprint density at radius 3 is 2.69 bits per heavy atom. The number of aromatic nitrogens is 2. The lowest BCUT2D eigenvalue weighted by atomic mass is 9.86. The molecule has 7 nitrogen and oxygen atoms in total. The molecule has 4 rings (SSSR count). The van der Waals surface area contributed by atoms with Crippen molar-refractivity contribution in [3.63, 3.8) is 0 Å². The van der Waals surface area contributed by atoms with Crippen LogP contribution < -0.4 is 10.6 Å². The summed E-state index contributed by atoms with van der Waals surface area (Å²) < 4.78 is 5.44. The van der Waals surface area contributed by atoms with Gasteiger partial charge in [-0.2, -0.15) is 4.98 Å². The summed E-state index contributed by atoms with van der Waals surface area (Å²) in [6, 6.07) is 7.28. The Morgan fingerprint density at radius 2 is 1.97 bits per heavy atom. The molecule has 2 aliphatic rings. The lowest BCUT2D eigenvalue weighted by molar-refractivity contribution is -0.124. The Kier molecular flexibility index (Phi) is 6.56. The third-order valence-corrected chi connectivity index (χ3v) is 6.11. The number of aliphatic hydroxyl groups is 1. The van der Waals surface area contributed by atoms with E-state index in [0.29, 0.717) is 31.2 Å². The summed E-state index contributed by atoms with van der Waals surface area (Å²) in [6.07, 6.45) is 8.72. The van der Waals surface area contributed by atoms with E-state index in [2.05, 4.69) is 20.8 Å². The molecule has 0 unspecified atom stereocenters. The molecule has 1 aromatic heterocycles. The van der Waals surface area contributed by atoms with Gasteiger partial charge >= 0.3 is 0 Å². The number of aliphatic hydroxyl groups excluding tert-OH is 1. The van der Waals surface area contributed by atoms with E-state index >= 15 is 0 Å². The molecule has 7 heteroatoms. The SMILES string of the molecule is O=C(NCc1ccc(-c2noc(CCC3CCCCC3)n2)cc1)[C@H]1NCC[C@@H]1O. The second kappa shape index (κ2) is 9.50. The minimum Gasteiger partial charge on any atom is -0.391 e. The lowest BCUT2D eigenvalue weighted by Gasteiger charge is -2.20. The number of nitrogens with one attached hydrogen (secondary N) is 2. The third-order valence-electron chi connectivity index (χ3n) is 6.11. The highest BCUT2D eigenvalue weighted by atomic mass is 16.5. The van der Waals surface area contributed by atoms with Gasteiger partial charge in [-0.15, -0.1) is 0 Å². The van der Waals surface area contributed by atoms with Gasteiger partial charge in [-0.1, -0.05) is 61.5 Å². The fourth-order valence-corrected chi connectivity index (χ4v) is 4.30. The summed E-state index contributed by atoms with van der Waals surface area (Å²) in [7, 11) is 0. The molecule has 29 heavy (non-hydrogen) atoms. The maximum absolute atomic E-state index is 12.1. The van der Waals surface area contributed by atoms with Crippen molar-refractivity contribution in [3.8, 4) is 11.4 Å². The van der Waals surface area contributed by atoms with Gasteiger partial charge in [0.2, 0.25) is 17.6 Å². The molecule has 156 valence electrons. The van der Waals surface area contributed by atoms with Crippen molar-refractivity contribution < 1.29 is 14.4 Å². The fourth-order valence-electron chi connectivity index (χ4n) is 4.30. The third kappa shape index (κ3) is 5.22. The van der Waals surface area contributed by atoms with E-state index in [1.807, 2.05) is 24.3 Å². The number of carbonyl (C=O) groups excluding carboxylic acids is 1. The number of aryl methyl sites for hydroxylation is 1. The Bertz CT molecular complexity index is 799. The van der Waals surface area contributed by atoms with E-state index < -0.39 is 12.1 Å². The minimum atomic E-state index is -0.608. The first-order valence-electron chi connectivity index (χ1n) is 10.8. The molecule has 2 heterocycles. The van der Waals surface area contributed by atoms with Gasteiger partial charge in [0.05, 0.1) is 6.10 Å². The van der Waals surface area contributed by atoms with Crippen LogP contribution in [0.15, 0.2) is 28.8 Å². The second-order valence-corrected chi connectivity index (χ2v) is 8.26. The average Bonchev–Trinajstić information content (AvgIpc) is 3.41. The first-order chi connectivity index (χ1) is 14.2. The van der Waals surface area contributed by atoms with E-state index in [0.717, 1.165) is 29.9 Å². The van der Waals surface area contributed by atoms with E-state index in [1.54, 1.807) is 0 Å². The lowest BCUT2D eigenvalue weighted by Crippen LogP contribution is -2.45. The summed E-state index contributed by atoms with van der Waals surface area (Å²) in [5.74, 6) is 1.95. The Labute approximate surface area is 171 Å². The van der Waals surface area contributed by atoms with Gasteiger partial charge in [-0.3, -0.25) is 4.79 Å². The topological polar surface area (TPSA) is 100 Å². The molecular formula is C22H30N4O3. The molecule has 1 aromatic carbocycles. The van der Waals surface area contributed by atoms with Crippen molar-refractivity contribution in [1.82, 2.24) is 20.8 Å². The molecule has 1 aliphatic heterocycles. The van der Waals surface area contributed by atoms with Crippen LogP contribution in [0.1, 0.15) is 56.4 Å². The number of hydrogen-bond donors (Lipinski definition) is 3. The minimum absolute atomic E-state index is 0.167. The van der Waals surface area contributed by atoms with Gasteiger partial charge in [0, 0.05) is 18.5 Å². The molecule has 3 N–H and O–H groups in total. The monoisotopic (exact) mass is 398 g/mol. The summed E-state index contributed by atoms with van der Waals surface area (Å²) in [4.78, 5) is 16.7.